The van der Waals surface area contributed by atoms with E-state index in [0.29, 0.717) is 0 Å². The first-order chi connectivity index (χ1) is 8.80. The van der Waals surface area contributed by atoms with Crippen LogP contribution in [0.1, 0.15) is 20.8 Å². The third kappa shape index (κ3) is 5.63. The average molecular weight is 249 g/mol. The van der Waals surface area contributed by atoms with Crippen molar-refractivity contribution in [1.82, 2.24) is 14.7 Å². The van der Waals surface area contributed by atoms with Gasteiger partial charge in [-0.25, -0.2) is 0 Å². The molecule has 102 valence electrons. The van der Waals surface area contributed by atoms with Gasteiger partial charge in [-0.1, -0.05) is 36.5 Å². The maximum Gasteiger partial charge on any atom is 0.0536 e. The van der Waals surface area contributed by atoms with E-state index in [1.54, 1.807) is 0 Å². The summed E-state index contributed by atoms with van der Waals surface area (Å²) in [5.41, 5.74) is 0. The van der Waals surface area contributed by atoms with Crippen LogP contribution in [0.2, 0.25) is 0 Å². The number of hydrogen-bond acceptors (Lipinski definition) is 3. The average Bonchev–Trinajstić information content (AvgIpc) is 2.40. The lowest BCUT2D eigenvalue weighted by molar-refractivity contribution is -0.0113. The van der Waals surface area contributed by atoms with Crippen LogP contribution in [-0.2, 0) is 0 Å². The summed E-state index contributed by atoms with van der Waals surface area (Å²) in [5.74, 6) is 0. The Morgan fingerprint density at radius 3 is 1.11 bits per heavy atom. The molecule has 0 amide bonds. The highest BCUT2D eigenvalue weighted by Crippen LogP contribution is 2.07. The van der Waals surface area contributed by atoms with Crippen molar-refractivity contribution in [2.75, 3.05) is 39.6 Å². The lowest BCUT2D eigenvalue weighted by atomic mass is 10.4. The summed E-state index contributed by atoms with van der Waals surface area (Å²) in [6.45, 7) is 12.5. The molecule has 0 saturated carbocycles. The van der Waals surface area contributed by atoms with Crippen molar-refractivity contribution in [3.8, 4) is 0 Å². The molecule has 18 heavy (non-hydrogen) atoms. The fourth-order valence-corrected chi connectivity index (χ4v) is 2.09. The zero-order chi connectivity index (χ0) is 13.2. The molecule has 0 radical (unpaired) electrons. The van der Waals surface area contributed by atoms with E-state index in [4.69, 9.17) is 0 Å². The normalized spacial score (nSPS) is 20.8. The van der Waals surface area contributed by atoms with Crippen LogP contribution in [-0.4, -0.2) is 54.3 Å². The summed E-state index contributed by atoms with van der Waals surface area (Å²) in [5, 5.41) is 0. The third-order valence-electron chi connectivity index (χ3n) is 3.00. The van der Waals surface area contributed by atoms with Crippen molar-refractivity contribution in [3.63, 3.8) is 0 Å². The van der Waals surface area contributed by atoms with Crippen LogP contribution >= 0.6 is 0 Å². The number of rotatable bonds is 6. The van der Waals surface area contributed by atoms with Crippen LogP contribution in [0.15, 0.2) is 36.5 Å². The molecular formula is C15H27N3. The van der Waals surface area contributed by atoms with Crippen LogP contribution < -0.4 is 0 Å². The predicted octanol–water partition coefficient (Wildman–Crippen LogP) is 2.51. The summed E-state index contributed by atoms with van der Waals surface area (Å²) in [4.78, 5) is 7.41. The van der Waals surface area contributed by atoms with Crippen molar-refractivity contribution < 1.29 is 0 Å². The predicted molar refractivity (Wildman–Crippen MR) is 79.2 cm³/mol. The highest BCUT2D eigenvalue weighted by atomic mass is 15.5. The van der Waals surface area contributed by atoms with Gasteiger partial charge < -0.3 is 0 Å². The molecule has 0 aromatic rings. The Morgan fingerprint density at radius 2 is 0.889 bits per heavy atom. The molecule has 0 atom stereocenters. The van der Waals surface area contributed by atoms with Gasteiger partial charge in [-0.15, -0.1) is 0 Å². The van der Waals surface area contributed by atoms with Gasteiger partial charge >= 0.3 is 0 Å². The SMILES string of the molecule is C/C=C/CN1CN(C/C=C/C)CN(C/C=C/C)C1. The van der Waals surface area contributed by atoms with Gasteiger partial charge in [0.15, 0.2) is 0 Å². The zero-order valence-corrected chi connectivity index (χ0v) is 12.0. The van der Waals surface area contributed by atoms with E-state index in [1.807, 2.05) is 0 Å². The van der Waals surface area contributed by atoms with Crippen molar-refractivity contribution in [2.24, 2.45) is 0 Å². The van der Waals surface area contributed by atoms with Crippen molar-refractivity contribution in [2.45, 2.75) is 20.8 Å². The molecule has 1 rings (SSSR count). The molecule has 0 aliphatic carbocycles. The number of allylic oxidation sites excluding steroid dienone is 3. The third-order valence-corrected chi connectivity index (χ3v) is 3.00. The van der Waals surface area contributed by atoms with Crippen LogP contribution in [0.4, 0.5) is 0 Å². The Bertz CT molecular complexity index is 241. The maximum atomic E-state index is 2.47. The van der Waals surface area contributed by atoms with Gasteiger partial charge in [-0.2, -0.15) is 0 Å². The first-order valence-corrected chi connectivity index (χ1v) is 6.80. The minimum absolute atomic E-state index is 1.04. The summed E-state index contributed by atoms with van der Waals surface area (Å²) in [7, 11) is 0. The summed E-state index contributed by atoms with van der Waals surface area (Å²) in [6.07, 6.45) is 13.1. The van der Waals surface area contributed by atoms with Crippen LogP contribution in [0, 0.1) is 0 Å². The second kappa shape index (κ2) is 9.09. The summed E-state index contributed by atoms with van der Waals surface area (Å²) in [6, 6.07) is 0. The molecular weight excluding hydrogens is 222 g/mol. The van der Waals surface area contributed by atoms with E-state index in [2.05, 4.69) is 71.9 Å². The van der Waals surface area contributed by atoms with Crippen LogP contribution in [0.5, 0.6) is 0 Å². The van der Waals surface area contributed by atoms with Gasteiger partial charge in [0.1, 0.15) is 0 Å². The molecule has 1 fully saturated rings. The molecule has 0 N–H and O–H groups in total. The molecule has 1 heterocycles. The molecule has 0 spiro atoms. The monoisotopic (exact) mass is 249 g/mol. The van der Waals surface area contributed by atoms with Crippen molar-refractivity contribution >= 4 is 0 Å². The van der Waals surface area contributed by atoms with Gasteiger partial charge in [0.2, 0.25) is 0 Å². The lowest BCUT2D eigenvalue weighted by Crippen LogP contribution is -2.54. The number of hydrogen-bond donors (Lipinski definition) is 0. The van der Waals surface area contributed by atoms with Crippen LogP contribution in [0.3, 0.4) is 0 Å². The zero-order valence-electron chi connectivity index (χ0n) is 12.0. The molecule has 0 unspecified atom stereocenters. The van der Waals surface area contributed by atoms with Gasteiger partial charge in [0, 0.05) is 19.6 Å². The van der Waals surface area contributed by atoms with E-state index in [1.165, 1.54) is 0 Å². The molecule has 1 saturated heterocycles. The molecule has 0 aromatic carbocycles. The Hall–Kier alpha value is -0.900. The van der Waals surface area contributed by atoms with E-state index in [-0.39, 0.29) is 0 Å². The lowest BCUT2D eigenvalue weighted by Gasteiger charge is -2.41. The first kappa shape index (κ1) is 15.2. The number of nitrogens with zero attached hydrogens (tertiary/aromatic N) is 3. The Balaban J connectivity index is 2.53. The smallest absolute Gasteiger partial charge is 0.0536 e. The molecule has 3 heteroatoms. The quantitative estimate of drug-likeness (QED) is 0.670. The Labute approximate surface area is 112 Å². The Kier molecular flexibility index (Phi) is 7.65. The standard InChI is InChI=1S/C15H27N3/c1-4-7-10-16-13-17(11-8-5-2)15-18(14-16)12-9-6-3/h4-9H,10-15H2,1-3H3/b7-4+,8-5+,9-6+. The van der Waals surface area contributed by atoms with E-state index < -0.39 is 0 Å². The Morgan fingerprint density at radius 1 is 0.611 bits per heavy atom. The van der Waals surface area contributed by atoms with Crippen molar-refractivity contribution in [1.29, 1.82) is 0 Å². The topological polar surface area (TPSA) is 9.72 Å². The van der Waals surface area contributed by atoms with Crippen LogP contribution in [0.25, 0.3) is 0 Å². The van der Waals surface area contributed by atoms with Gasteiger partial charge in [-0.3, -0.25) is 14.7 Å². The summed E-state index contributed by atoms with van der Waals surface area (Å²) < 4.78 is 0. The van der Waals surface area contributed by atoms with Gasteiger partial charge in [0.05, 0.1) is 20.0 Å². The molecule has 0 bridgehead atoms. The molecule has 0 aromatic heterocycles. The van der Waals surface area contributed by atoms with E-state index in [0.717, 1.165) is 39.6 Å². The minimum Gasteiger partial charge on any atom is -0.274 e. The highest BCUT2D eigenvalue weighted by molar-refractivity contribution is 4.88. The van der Waals surface area contributed by atoms with E-state index in [9.17, 15) is 0 Å². The largest absolute Gasteiger partial charge is 0.274 e. The molecule has 1 aliphatic rings. The maximum absolute atomic E-state index is 2.47. The minimum atomic E-state index is 1.04. The second-order valence-electron chi connectivity index (χ2n) is 4.69. The summed E-state index contributed by atoms with van der Waals surface area (Å²) >= 11 is 0. The van der Waals surface area contributed by atoms with Gasteiger partial charge in [-0.05, 0) is 20.8 Å². The molecule has 3 nitrogen and oxygen atoms in total. The van der Waals surface area contributed by atoms with Crippen molar-refractivity contribution in [3.05, 3.63) is 36.5 Å². The highest BCUT2D eigenvalue weighted by Gasteiger charge is 2.20. The first-order valence-electron chi connectivity index (χ1n) is 6.80. The molecule has 1 aliphatic heterocycles. The van der Waals surface area contributed by atoms with E-state index >= 15 is 0 Å². The van der Waals surface area contributed by atoms with Gasteiger partial charge in [0.25, 0.3) is 0 Å². The second-order valence-corrected chi connectivity index (χ2v) is 4.69. The fraction of sp³-hybridized carbons (Fsp3) is 0.600. The fourth-order valence-electron chi connectivity index (χ4n) is 2.09.